The molecular weight excluding hydrogens is 498 g/mol. The Labute approximate surface area is 208 Å². The van der Waals surface area contributed by atoms with Gasteiger partial charge in [0.05, 0.1) is 11.3 Å². The second kappa shape index (κ2) is 8.93. The highest BCUT2D eigenvalue weighted by Crippen LogP contribution is 2.49. The number of amides is 1. The predicted octanol–water partition coefficient (Wildman–Crippen LogP) is 6.88. The van der Waals surface area contributed by atoms with E-state index in [0.717, 1.165) is 36.2 Å². The van der Waals surface area contributed by atoms with Crippen LogP contribution in [0.15, 0.2) is 78.0 Å². The number of aryl methyl sites for hydroxylation is 1. The van der Waals surface area contributed by atoms with Crippen LogP contribution in [0, 0.1) is 0 Å². The Morgan fingerprint density at radius 2 is 1.65 bits per heavy atom. The monoisotopic (exact) mass is 518 g/mol. The third kappa shape index (κ3) is 4.45. The summed E-state index contributed by atoms with van der Waals surface area (Å²) in [6.07, 6.45) is -9.00. The van der Waals surface area contributed by atoms with E-state index in [1.54, 1.807) is 4.90 Å². The molecule has 3 aromatic rings. The molecule has 2 aliphatic rings. The summed E-state index contributed by atoms with van der Waals surface area (Å²) in [5, 5.41) is 3.61. The van der Waals surface area contributed by atoms with Crippen molar-refractivity contribution in [1.82, 2.24) is 0 Å². The van der Waals surface area contributed by atoms with Gasteiger partial charge in [-0.3, -0.25) is 4.79 Å². The quantitative estimate of drug-likeness (QED) is 0.355. The maximum atomic E-state index is 14.2. The van der Waals surface area contributed by atoms with Gasteiger partial charge in [0.1, 0.15) is 0 Å². The lowest BCUT2D eigenvalue weighted by Gasteiger charge is -2.30. The van der Waals surface area contributed by atoms with Gasteiger partial charge in [0.15, 0.2) is 0 Å². The van der Waals surface area contributed by atoms with E-state index in [1.807, 2.05) is 24.3 Å². The fourth-order valence-electron chi connectivity index (χ4n) is 4.71. The maximum Gasteiger partial charge on any atom is 0.435 e. The van der Waals surface area contributed by atoms with Crippen molar-refractivity contribution < 1.29 is 36.0 Å². The molecule has 0 fully saturated rings. The van der Waals surface area contributed by atoms with Gasteiger partial charge in [0.2, 0.25) is 0 Å². The van der Waals surface area contributed by atoms with Crippen molar-refractivity contribution in [3.05, 3.63) is 101 Å². The molecule has 3 aromatic carbocycles. The molecule has 1 amide bonds. The van der Waals surface area contributed by atoms with E-state index in [9.17, 15) is 31.1 Å². The zero-order valence-electron chi connectivity index (χ0n) is 19.2. The van der Waals surface area contributed by atoms with Crippen molar-refractivity contribution in [3.63, 3.8) is 0 Å². The second-order valence-electron chi connectivity index (χ2n) is 8.98. The number of hydrogen-bond acceptors (Lipinski definition) is 3. The first-order chi connectivity index (χ1) is 17.5. The number of fused-ring (bicyclic) bond motifs is 1. The smallest absolute Gasteiger partial charge is 0.374 e. The normalized spacial score (nSPS) is 19.7. The highest BCUT2D eigenvalue weighted by molar-refractivity contribution is 6.08. The first kappa shape index (κ1) is 24.9. The van der Waals surface area contributed by atoms with Gasteiger partial charge < -0.3 is 9.74 Å². The molecule has 0 N–H and O–H groups in total. The van der Waals surface area contributed by atoms with E-state index in [2.05, 4.69) is 5.16 Å². The Hall–Kier alpha value is -3.82. The number of benzene rings is 3. The maximum absolute atomic E-state index is 14.2. The summed E-state index contributed by atoms with van der Waals surface area (Å²) in [4.78, 5) is 19.7. The van der Waals surface area contributed by atoms with Crippen molar-refractivity contribution in [3.8, 4) is 0 Å². The number of oxime groups is 1. The number of nitrogens with zero attached hydrogens (tertiary/aromatic N) is 2. The average Bonchev–Trinajstić information content (AvgIpc) is 3.35. The molecule has 0 aromatic heterocycles. The van der Waals surface area contributed by atoms with Crippen LogP contribution < -0.4 is 4.90 Å². The molecule has 2 aliphatic heterocycles. The van der Waals surface area contributed by atoms with Gasteiger partial charge in [0, 0.05) is 29.8 Å². The van der Waals surface area contributed by atoms with E-state index >= 15 is 0 Å². The number of hydrogen-bond donors (Lipinski definition) is 0. The van der Waals surface area contributed by atoms with Gasteiger partial charge in [-0.05, 0) is 54.3 Å². The lowest BCUT2D eigenvalue weighted by atomic mass is 9.85. The van der Waals surface area contributed by atoms with Crippen molar-refractivity contribution >= 4 is 17.3 Å². The summed E-state index contributed by atoms with van der Waals surface area (Å²) in [6, 6.07) is 16.5. The van der Waals surface area contributed by atoms with Gasteiger partial charge in [-0.25, -0.2) is 0 Å². The number of carbonyl (C=O) groups is 1. The summed E-state index contributed by atoms with van der Waals surface area (Å²) in [5.41, 5.74) is -2.54. The van der Waals surface area contributed by atoms with Gasteiger partial charge in [-0.2, -0.15) is 26.3 Å². The Balaban J connectivity index is 1.40. The SMILES string of the molecule is O=C(c1ccc(C2=NOC(c3cccc(C(F)(F)F)c3)(C(F)(F)F)C2)cc1)N1CCCc2ccccc21. The van der Waals surface area contributed by atoms with Crippen LogP contribution in [0.4, 0.5) is 32.0 Å². The minimum Gasteiger partial charge on any atom is -0.374 e. The number of carbonyl (C=O) groups excluding carboxylic acids is 1. The van der Waals surface area contributed by atoms with Gasteiger partial charge in [0.25, 0.3) is 11.5 Å². The molecule has 4 nitrogen and oxygen atoms in total. The van der Waals surface area contributed by atoms with Crippen LogP contribution in [-0.4, -0.2) is 24.3 Å². The minimum atomic E-state index is -5.04. The van der Waals surface area contributed by atoms with E-state index < -0.39 is 35.5 Å². The number of halogens is 6. The molecule has 0 bridgehead atoms. The minimum absolute atomic E-state index is 0.0861. The predicted molar refractivity (Wildman–Crippen MR) is 124 cm³/mol. The van der Waals surface area contributed by atoms with E-state index in [1.165, 1.54) is 24.3 Å². The van der Waals surface area contributed by atoms with Gasteiger partial charge in [-0.1, -0.05) is 47.6 Å². The fraction of sp³-hybridized carbons (Fsp3) is 0.259. The lowest BCUT2D eigenvalue weighted by Crippen LogP contribution is -2.42. The average molecular weight is 518 g/mol. The largest absolute Gasteiger partial charge is 0.435 e. The molecule has 192 valence electrons. The molecule has 0 spiro atoms. The molecule has 0 saturated heterocycles. The van der Waals surface area contributed by atoms with Gasteiger partial charge >= 0.3 is 12.4 Å². The highest BCUT2D eigenvalue weighted by Gasteiger charge is 2.62. The van der Waals surface area contributed by atoms with Crippen molar-refractivity contribution in [2.45, 2.75) is 37.2 Å². The first-order valence-electron chi connectivity index (χ1n) is 11.5. The summed E-state index contributed by atoms with van der Waals surface area (Å²) < 4.78 is 82.0. The van der Waals surface area contributed by atoms with Crippen LogP contribution in [0.2, 0.25) is 0 Å². The molecule has 0 saturated carbocycles. The molecule has 2 heterocycles. The third-order valence-electron chi connectivity index (χ3n) is 6.66. The van der Waals surface area contributed by atoms with E-state index in [0.29, 0.717) is 24.2 Å². The Morgan fingerprint density at radius 3 is 2.35 bits per heavy atom. The van der Waals surface area contributed by atoms with Crippen LogP contribution in [0.1, 0.15) is 45.5 Å². The zero-order valence-corrected chi connectivity index (χ0v) is 19.2. The fourth-order valence-corrected chi connectivity index (χ4v) is 4.71. The standard InChI is InChI=1S/C27H20F6N2O2/c28-26(29,30)21-8-3-7-20(15-21)25(27(31,32)33)16-22(34-37-25)17-10-12-19(13-11-17)24(36)35-14-4-6-18-5-1-2-9-23(18)35/h1-3,5,7-13,15H,4,6,14,16H2. The summed E-state index contributed by atoms with van der Waals surface area (Å²) >= 11 is 0. The van der Waals surface area contributed by atoms with Crippen LogP contribution >= 0.6 is 0 Å². The van der Waals surface area contributed by atoms with Crippen molar-refractivity contribution in [2.75, 3.05) is 11.4 Å². The zero-order chi connectivity index (χ0) is 26.4. The topological polar surface area (TPSA) is 41.9 Å². The number of alkyl halides is 6. The Morgan fingerprint density at radius 1 is 0.919 bits per heavy atom. The molecule has 0 aliphatic carbocycles. The number of rotatable bonds is 3. The van der Waals surface area contributed by atoms with Crippen molar-refractivity contribution in [1.29, 1.82) is 0 Å². The van der Waals surface area contributed by atoms with E-state index in [4.69, 9.17) is 4.84 Å². The Bertz CT molecular complexity index is 1360. The van der Waals surface area contributed by atoms with Gasteiger partial charge in [-0.15, -0.1) is 0 Å². The molecule has 1 atom stereocenters. The molecule has 0 radical (unpaired) electrons. The van der Waals surface area contributed by atoms with Crippen LogP contribution in [-0.2, 0) is 23.0 Å². The van der Waals surface area contributed by atoms with Crippen molar-refractivity contribution in [2.24, 2.45) is 5.16 Å². The molecule has 37 heavy (non-hydrogen) atoms. The van der Waals surface area contributed by atoms with Crippen LogP contribution in [0.5, 0.6) is 0 Å². The number of para-hydroxylation sites is 1. The molecule has 1 unspecified atom stereocenters. The molecular formula is C27H20F6N2O2. The summed E-state index contributed by atoms with van der Waals surface area (Å²) in [5.74, 6) is -0.239. The number of anilines is 1. The van der Waals surface area contributed by atoms with Crippen LogP contribution in [0.3, 0.4) is 0 Å². The van der Waals surface area contributed by atoms with E-state index in [-0.39, 0.29) is 17.2 Å². The Kier molecular flexibility index (Phi) is 6.00. The first-order valence-corrected chi connectivity index (χ1v) is 11.5. The highest BCUT2D eigenvalue weighted by atomic mass is 19.4. The lowest BCUT2D eigenvalue weighted by molar-refractivity contribution is -0.276. The second-order valence-corrected chi connectivity index (χ2v) is 8.98. The summed E-state index contributed by atoms with van der Waals surface area (Å²) in [7, 11) is 0. The van der Waals surface area contributed by atoms with Crippen LogP contribution in [0.25, 0.3) is 0 Å². The molecule has 5 rings (SSSR count). The third-order valence-corrected chi connectivity index (χ3v) is 6.66. The summed E-state index contributed by atoms with van der Waals surface area (Å²) in [6.45, 7) is 0.545. The molecule has 10 heteroatoms.